The van der Waals surface area contributed by atoms with Gasteiger partial charge in [0.05, 0.1) is 0 Å². The van der Waals surface area contributed by atoms with Crippen LogP contribution in [0.5, 0.6) is 0 Å². The van der Waals surface area contributed by atoms with E-state index in [4.69, 9.17) is 0 Å². The molecule has 0 atom stereocenters. The summed E-state index contributed by atoms with van der Waals surface area (Å²) in [7, 11) is 0. The summed E-state index contributed by atoms with van der Waals surface area (Å²) >= 11 is 4.34. The second-order valence-corrected chi connectivity index (χ2v) is 6.17. The fourth-order valence-electron chi connectivity index (χ4n) is 2.24. The van der Waals surface area contributed by atoms with E-state index >= 15 is 0 Å². The van der Waals surface area contributed by atoms with E-state index < -0.39 is 6.68 Å². The minimum atomic E-state index is -3.67. The third kappa shape index (κ3) is 8.77. The molecule has 0 aliphatic heterocycles. The van der Waals surface area contributed by atoms with Crippen molar-refractivity contribution < 1.29 is 13.2 Å². The number of benzene rings is 3. The van der Waals surface area contributed by atoms with Gasteiger partial charge < -0.3 is 0 Å². The molecular formula is C22H23F3S. The van der Waals surface area contributed by atoms with Crippen molar-refractivity contribution in [1.29, 1.82) is 0 Å². The average Bonchev–Trinajstić information content (AvgIpc) is 2.63. The summed E-state index contributed by atoms with van der Waals surface area (Å²) in [5, 5.41) is 0. The highest BCUT2D eigenvalue weighted by atomic mass is 32.1. The summed E-state index contributed by atoms with van der Waals surface area (Å²) in [4.78, 5) is 1.09. The predicted octanol–water partition coefficient (Wildman–Crippen LogP) is 7.63. The first kappa shape index (κ1) is 21.8. The van der Waals surface area contributed by atoms with Crippen LogP contribution in [0.25, 0.3) is 11.1 Å². The van der Waals surface area contributed by atoms with E-state index in [0.29, 0.717) is 5.92 Å². The molecule has 0 nitrogen and oxygen atoms in total. The Balaban J connectivity index is 0.000000220. The van der Waals surface area contributed by atoms with E-state index in [1.54, 1.807) is 0 Å². The minimum absolute atomic E-state index is 0.577. The first-order valence-electron chi connectivity index (χ1n) is 8.22. The Hall–Kier alpha value is -2.20. The van der Waals surface area contributed by atoms with Gasteiger partial charge in [0.1, 0.15) is 0 Å². The number of thiol groups is 1. The summed E-state index contributed by atoms with van der Waals surface area (Å²) in [5.74, 6) is 0.577. The Morgan fingerprint density at radius 2 is 0.962 bits per heavy atom. The normalized spacial score (nSPS) is 9.85. The average molecular weight is 376 g/mol. The molecule has 4 heteroatoms. The topological polar surface area (TPSA) is 0 Å². The van der Waals surface area contributed by atoms with Gasteiger partial charge in [-0.25, -0.2) is 0 Å². The molecule has 0 aliphatic carbocycles. The lowest BCUT2D eigenvalue weighted by Crippen LogP contribution is -1.87. The lowest BCUT2D eigenvalue weighted by Gasteiger charge is -2.06. The Morgan fingerprint density at radius 3 is 1.27 bits per heavy atom. The van der Waals surface area contributed by atoms with Gasteiger partial charge in [-0.3, -0.25) is 0 Å². The lowest BCUT2D eigenvalue weighted by molar-refractivity contribution is 0.00819. The molecule has 0 amide bonds. The van der Waals surface area contributed by atoms with Crippen LogP contribution in [-0.2, 0) is 0 Å². The highest BCUT2D eigenvalue weighted by Gasteiger charge is 2.00. The maximum atomic E-state index is 9.67. The molecule has 0 aliphatic rings. The van der Waals surface area contributed by atoms with Crippen LogP contribution >= 0.6 is 12.6 Å². The van der Waals surface area contributed by atoms with Gasteiger partial charge in [-0.1, -0.05) is 92.7 Å². The molecule has 3 aromatic rings. The summed E-state index contributed by atoms with van der Waals surface area (Å²) in [6.07, 6.45) is 0. The van der Waals surface area contributed by atoms with E-state index in [1.165, 1.54) is 16.7 Å². The molecule has 0 bridgehead atoms. The fourth-order valence-corrected chi connectivity index (χ4v) is 2.66. The number of hydrogen-bond acceptors (Lipinski definition) is 1. The molecule has 0 saturated heterocycles. The summed E-state index contributed by atoms with van der Waals surface area (Å²) < 4.78 is 29.0. The van der Waals surface area contributed by atoms with Crippen LogP contribution in [0.4, 0.5) is 13.2 Å². The molecule has 0 saturated carbocycles. The fraction of sp³-hybridized carbons (Fsp3) is 0.182. The second kappa shape index (κ2) is 12.2. The lowest BCUT2D eigenvalue weighted by atomic mass is 10.0. The molecule has 3 aromatic carbocycles. The quantitative estimate of drug-likeness (QED) is 0.437. The molecule has 138 valence electrons. The molecule has 0 radical (unpaired) electrons. The largest absolute Gasteiger partial charge is 0.379 e. The molecule has 0 spiro atoms. The zero-order valence-electron chi connectivity index (χ0n) is 14.8. The Bertz CT molecular complexity index is 688. The Morgan fingerprint density at radius 1 is 0.615 bits per heavy atom. The Kier molecular flexibility index (Phi) is 10.3. The van der Waals surface area contributed by atoms with Crippen LogP contribution in [-0.4, -0.2) is 6.68 Å². The first-order chi connectivity index (χ1) is 12.4. The standard InChI is InChI=1S/C12H10.C9H12S.CHF3/c1-3-7-11(8-4-1)12-9-5-2-6-10-12;1-7(2)8-5-3-4-6-9(8)10;2-1(3)4/h1-10H;3-7,10H,1-2H3;1H. The molecule has 26 heavy (non-hydrogen) atoms. The minimum Gasteiger partial charge on any atom is -0.174 e. The number of rotatable bonds is 2. The van der Waals surface area contributed by atoms with Crippen molar-refractivity contribution >= 4 is 12.6 Å². The van der Waals surface area contributed by atoms with Crippen molar-refractivity contribution in [3.63, 3.8) is 0 Å². The molecule has 3 rings (SSSR count). The number of halogens is 3. The van der Waals surface area contributed by atoms with Gasteiger partial charge in [0, 0.05) is 4.90 Å². The van der Waals surface area contributed by atoms with Crippen molar-refractivity contribution in [2.45, 2.75) is 31.3 Å². The van der Waals surface area contributed by atoms with Gasteiger partial charge in [-0.05, 0) is 28.7 Å². The van der Waals surface area contributed by atoms with Gasteiger partial charge in [-0.15, -0.1) is 12.6 Å². The van der Waals surface area contributed by atoms with Crippen molar-refractivity contribution in [2.75, 3.05) is 0 Å². The van der Waals surface area contributed by atoms with E-state index in [9.17, 15) is 13.2 Å². The van der Waals surface area contributed by atoms with Crippen molar-refractivity contribution in [1.82, 2.24) is 0 Å². The van der Waals surface area contributed by atoms with Gasteiger partial charge in [0.25, 0.3) is 0 Å². The summed E-state index contributed by atoms with van der Waals surface area (Å²) in [6.45, 7) is 0.685. The van der Waals surface area contributed by atoms with Crippen LogP contribution < -0.4 is 0 Å². The van der Waals surface area contributed by atoms with E-state index in [1.807, 2.05) is 24.3 Å². The van der Waals surface area contributed by atoms with Crippen LogP contribution in [0.2, 0.25) is 0 Å². The molecular weight excluding hydrogens is 353 g/mol. The summed E-state index contributed by atoms with van der Waals surface area (Å²) in [6, 6.07) is 29.0. The van der Waals surface area contributed by atoms with Crippen LogP contribution in [0, 0.1) is 0 Å². The van der Waals surface area contributed by atoms with Crippen molar-refractivity contribution in [3.05, 3.63) is 90.5 Å². The summed E-state index contributed by atoms with van der Waals surface area (Å²) in [5.41, 5.74) is 3.88. The van der Waals surface area contributed by atoms with E-state index in [-0.39, 0.29) is 0 Å². The highest BCUT2D eigenvalue weighted by molar-refractivity contribution is 7.80. The number of alkyl halides is 3. The van der Waals surface area contributed by atoms with Gasteiger partial charge in [0.2, 0.25) is 0 Å². The highest BCUT2D eigenvalue weighted by Crippen LogP contribution is 2.21. The number of hydrogen-bond donors (Lipinski definition) is 1. The molecule has 0 unspecified atom stereocenters. The maximum absolute atomic E-state index is 9.67. The van der Waals surface area contributed by atoms with Gasteiger partial charge in [-0.2, -0.15) is 13.2 Å². The van der Waals surface area contributed by atoms with E-state index in [2.05, 4.69) is 87.1 Å². The third-order valence-corrected chi connectivity index (χ3v) is 3.85. The zero-order valence-corrected chi connectivity index (χ0v) is 15.7. The van der Waals surface area contributed by atoms with Crippen LogP contribution in [0.15, 0.2) is 89.8 Å². The first-order valence-corrected chi connectivity index (χ1v) is 8.67. The SMILES string of the molecule is CC(C)c1ccccc1S.FC(F)F.c1ccc(-c2ccccc2)cc1. The van der Waals surface area contributed by atoms with Crippen LogP contribution in [0.3, 0.4) is 0 Å². The Labute approximate surface area is 159 Å². The molecule has 0 heterocycles. The maximum Gasteiger partial charge on any atom is 0.379 e. The molecule has 0 N–H and O–H groups in total. The molecule has 0 fully saturated rings. The smallest absolute Gasteiger partial charge is 0.174 e. The van der Waals surface area contributed by atoms with E-state index in [0.717, 1.165) is 4.90 Å². The zero-order chi connectivity index (χ0) is 19.4. The van der Waals surface area contributed by atoms with Crippen molar-refractivity contribution in [2.24, 2.45) is 0 Å². The van der Waals surface area contributed by atoms with Gasteiger partial charge >= 0.3 is 6.68 Å². The van der Waals surface area contributed by atoms with Gasteiger partial charge in [0.15, 0.2) is 0 Å². The van der Waals surface area contributed by atoms with Crippen LogP contribution in [0.1, 0.15) is 25.3 Å². The third-order valence-electron chi connectivity index (χ3n) is 3.44. The predicted molar refractivity (Wildman–Crippen MR) is 107 cm³/mol. The molecule has 0 aromatic heterocycles. The second-order valence-electron chi connectivity index (χ2n) is 5.69. The monoisotopic (exact) mass is 376 g/mol. The van der Waals surface area contributed by atoms with Crippen molar-refractivity contribution in [3.8, 4) is 11.1 Å².